The minimum atomic E-state index is 0.00586. The molecule has 3 heterocycles. The smallest absolute Gasteiger partial charge is 0.276 e. The molecule has 1 aromatic carbocycles. The Bertz CT molecular complexity index is 757. The van der Waals surface area contributed by atoms with Crippen molar-refractivity contribution in [1.29, 1.82) is 0 Å². The summed E-state index contributed by atoms with van der Waals surface area (Å²) in [5.41, 5.74) is 1.84. The molecule has 28 heavy (non-hydrogen) atoms. The number of likely N-dealkylation sites (tertiary alicyclic amines) is 1. The maximum atomic E-state index is 12.9. The van der Waals surface area contributed by atoms with Crippen molar-refractivity contribution in [3.05, 3.63) is 47.8 Å². The number of amides is 1. The van der Waals surface area contributed by atoms with Gasteiger partial charge in [-0.2, -0.15) is 0 Å². The molecule has 2 saturated heterocycles. The van der Waals surface area contributed by atoms with Crippen LogP contribution in [-0.2, 0) is 11.3 Å². The van der Waals surface area contributed by atoms with Crippen LogP contribution in [-0.4, -0.2) is 76.6 Å². The van der Waals surface area contributed by atoms with Crippen molar-refractivity contribution in [3.63, 3.8) is 0 Å². The zero-order chi connectivity index (χ0) is 19.2. The van der Waals surface area contributed by atoms with Crippen LogP contribution < -0.4 is 0 Å². The monoisotopic (exact) mass is 383 g/mol. The average molecular weight is 383 g/mol. The summed E-state index contributed by atoms with van der Waals surface area (Å²) in [4.78, 5) is 17.2. The molecule has 0 N–H and O–H groups in total. The summed E-state index contributed by atoms with van der Waals surface area (Å²) in [6.07, 6.45) is 4.94. The molecule has 2 aromatic rings. The molecule has 1 atom stereocenters. The second-order valence-corrected chi connectivity index (χ2v) is 7.65. The number of ether oxygens (including phenoxy) is 1. The van der Waals surface area contributed by atoms with Gasteiger partial charge >= 0.3 is 0 Å². The van der Waals surface area contributed by atoms with Gasteiger partial charge in [-0.1, -0.05) is 35.5 Å². The molecule has 0 unspecified atom stereocenters. The van der Waals surface area contributed by atoms with Gasteiger partial charge in [-0.15, -0.1) is 5.10 Å². The molecule has 2 fully saturated rings. The first kappa shape index (κ1) is 19.1. The van der Waals surface area contributed by atoms with E-state index in [1.165, 1.54) is 5.56 Å². The number of rotatable bonds is 5. The van der Waals surface area contributed by atoms with Crippen molar-refractivity contribution in [2.45, 2.75) is 31.7 Å². The van der Waals surface area contributed by atoms with Crippen LogP contribution in [0.3, 0.4) is 0 Å². The highest BCUT2D eigenvalue weighted by Crippen LogP contribution is 2.28. The van der Waals surface area contributed by atoms with Crippen molar-refractivity contribution in [2.24, 2.45) is 0 Å². The van der Waals surface area contributed by atoms with Gasteiger partial charge in [-0.25, -0.2) is 0 Å². The third-order valence-electron chi connectivity index (χ3n) is 5.79. The molecule has 150 valence electrons. The van der Waals surface area contributed by atoms with Crippen molar-refractivity contribution in [2.75, 3.05) is 45.9 Å². The first-order valence-electron chi connectivity index (χ1n) is 10.3. The summed E-state index contributed by atoms with van der Waals surface area (Å²) in [7, 11) is 0. The van der Waals surface area contributed by atoms with E-state index >= 15 is 0 Å². The molecule has 0 aliphatic carbocycles. The molecule has 2 aliphatic heterocycles. The van der Waals surface area contributed by atoms with Crippen LogP contribution in [0.5, 0.6) is 0 Å². The van der Waals surface area contributed by atoms with Crippen LogP contribution in [0.2, 0.25) is 0 Å². The van der Waals surface area contributed by atoms with E-state index in [9.17, 15) is 4.79 Å². The lowest BCUT2D eigenvalue weighted by Gasteiger charge is -2.26. The largest absolute Gasteiger partial charge is 0.379 e. The van der Waals surface area contributed by atoms with Crippen LogP contribution in [0, 0.1) is 0 Å². The zero-order valence-electron chi connectivity index (χ0n) is 16.4. The topological polar surface area (TPSA) is 63.5 Å². The van der Waals surface area contributed by atoms with Gasteiger partial charge in [0.25, 0.3) is 5.91 Å². The highest BCUT2D eigenvalue weighted by molar-refractivity contribution is 5.91. The summed E-state index contributed by atoms with van der Waals surface area (Å²) in [5.74, 6) is 0.537. The molecule has 1 amide bonds. The Balaban J connectivity index is 1.31. The number of morpholine rings is 1. The standard InChI is InChI=1S/C21H29N5O2/c27-21(20-17-26(23-22-20)12-11-24-13-15-28-16-14-24)25-9-4-7-19(8-10-25)18-5-2-1-3-6-18/h1-3,5-6,17,19H,4,7-16H2/t19-/m0/s1. The second-order valence-electron chi connectivity index (χ2n) is 7.65. The number of hydrogen-bond acceptors (Lipinski definition) is 5. The Labute approximate surface area is 166 Å². The fourth-order valence-electron chi connectivity index (χ4n) is 4.09. The molecular formula is C21H29N5O2. The Morgan fingerprint density at radius 2 is 1.86 bits per heavy atom. The molecule has 4 rings (SSSR count). The van der Waals surface area contributed by atoms with E-state index in [1.807, 2.05) is 4.90 Å². The van der Waals surface area contributed by atoms with E-state index in [-0.39, 0.29) is 5.91 Å². The van der Waals surface area contributed by atoms with Crippen molar-refractivity contribution < 1.29 is 9.53 Å². The SMILES string of the molecule is O=C(c1cn(CCN2CCOCC2)nn1)N1CCC[C@H](c2ccccc2)CC1. The van der Waals surface area contributed by atoms with E-state index in [4.69, 9.17) is 4.74 Å². The van der Waals surface area contributed by atoms with E-state index < -0.39 is 0 Å². The summed E-state index contributed by atoms with van der Waals surface area (Å²) in [6, 6.07) is 10.6. The molecule has 0 saturated carbocycles. The third-order valence-corrected chi connectivity index (χ3v) is 5.79. The quantitative estimate of drug-likeness (QED) is 0.790. The lowest BCUT2D eigenvalue weighted by molar-refractivity contribution is 0.0359. The van der Waals surface area contributed by atoms with E-state index in [2.05, 4.69) is 45.5 Å². The number of carbonyl (C=O) groups is 1. The zero-order valence-corrected chi connectivity index (χ0v) is 16.4. The van der Waals surface area contributed by atoms with Gasteiger partial charge in [0.1, 0.15) is 0 Å². The average Bonchev–Trinajstić information content (AvgIpc) is 3.09. The third kappa shape index (κ3) is 4.77. The Morgan fingerprint density at radius 1 is 1.04 bits per heavy atom. The Kier molecular flexibility index (Phi) is 6.34. The van der Waals surface area contributed by atoms with Gasteiger partial charge < -0.3 is 9.64 Å². The van der Waals surface area contributed by atoms with Gasteiger partial charge in [0.05, 0.1) is 26.0 Å². The van der Waals surface area contributed by atoms with Gasteiger partial charge in [-0.05, 0) is 30.7 Å². The van der Waals surface area contributed by atoms with Gasteiger partial charge in [0, 0.05) is 32.7 Å². The van der Waals surface area contributed by atoms with E-state index in [1.54, 1.807) is 10.9 Å². The molecule has 0 spiro atoms. The number of carbonyl (C=O) groups excluding carboxylic acids is 1. The Morgan fingerprint density at radius 3 is 2.68 bits per heavy atom. The van der Waals surface area contributed by atoms with Crippen LogP contribution in [0.15, 0.2) is 36.5 Å². The van der Waals surface area contributed by atoms with Gasteiger partial charge in [0.15, 0.2) is 5.69 Å². The molecular weight excluding hydrogens is 354 g/mol. The van der Waals surface area contributed by atoms with Crippen LogP contribution >= 0.6 is 0 Å². The van der Waals surface area contributed by atoms with E-state index in [0.29, 0.717) is 11.6 Å². The molecule has 0 radical (unpaired) electrons. The Hall–Kier alpha value is -2.25. The summed E-state index contributed by atoms with van der Waals surface area (Å²) < 4.78 is 7.16. The van der Waals surface area contributed by atoms with Crippen molar-refractivity contribution in [1.82, 2.24) is 24.8 Å². The summed E-state index contributed by atoms with van der Waals surface area (Å²) >= 11 is 0. The number of aromatic nitrogens is 3. The fourth-order valence-corrected chi connectivity index (χ4v) is 4.09. The van der Waals surface area contributed by atoms with Crippen LogP contribution in [0.25, 0.3) is 0 Å². The van der Waals surface area contributed by atoms with Crippen molar-refractivity contribution >= 4 is 5.91 Å². The van der Waals surface area contributed by atoms with Gasteiger partial charge in [-0.3, -0.25) is 14.4 Å². The number of benzene rings is 1. The maximum absolute atomic E-state index is 12.9. The summed E-state index contributed by atoms with van der Waals surface area (Å²) in [5, 5.41) is 8.31. The second kappa shape index (κ2) is 9.30. The highest BCUT2D eigenvalue weighted by Gasteiger charge is 2.24. The summed E-state index contributed by atoms with van der Waals surface area (Å²) in [6.45, 7) is 6.72. The van der Waals surface area contributed by atoms with E-state index in [0.717, 1.165) is 71.7 Å². The fraction of sp³-hybridized carbons (Fsp3) is 0.571. The molecule has 7 nitrogen and oxygen atoms in total. The van der Waals surface area contributed by atoms with Gasteiger partial charge in [0.2, 0.25) is 0 Å². The predicted molar refractivity (Wildman–Crippen MR) is 106 cm³/mol. The minimum absolute atomic E-state index is 0.00586. The first-order chi connectivity index (χ1) is 13.8. The first-order valence-corrected chi connectivity index (χ1v) is 10.3. The predicted octanol–water partition coefficient (Wildman–Crippen LogP) is 2.02. The van der Waals surface area contributed by atoms with Crippen LogP contribution in [0.1, 0.15) is 41.2 Å². The minimum Gasteiger partial charge on any atom is -0.379 e. The normalized spacial score (nSPS) is 21.4. The van der Waals surface area contributed by atoms with Crippen molar-refractivity contribution in [3.8, 4) is 0 Å². The molecule has 0 bridgehead atoms. The lowest BCUT2D eigenvalue weighted by Crippen LogP contribution is -2.38. The molecule has 1 aromatic heterocycles. The number of nitrogens with zero attached hydrogens (tertiary/aromatic N) is 5. The molecule has 2 aliphatic rings. The highest BCUT2D eigenvalue weighted by atomic mass is 16.5. The molecule has 7 heteroatoms. The van der Waals surface area contributed by atoms with Crippen LogP contribution in [0.4, 0.5) is 0 Å². The lowest BCUT2D eigenvalue weighted by atomic mass is 9.92. The maximum Gasteiger partial charge on any atom is 0.276 e. The number of hydrogen-bond donors (Lipinski definition) is 0.